The van der Waals surface area contributed by atoms with Crippen molar-refractivity contribution in [3.8, 4) is 11.4 Å². The highest BCUT2D eigenvalue weighted by molar-refractivity contribution is 7.99. The van der Waals surface area contributed by atoms with Gasteiger partial charge in [-0.1, -0.05) is 42.1 Å². The Morgan fingerprint density at radius 1 is 1.00 bits per heavy atom. The van der Waals surface area contributed by atoms with Gasteiger partial charge >= 0.3 is 0 Å². The topological polar surface area (TPSA) is 67.2 Å². The normalized spacial score (nSPS) is 14.2. The molecule has 0 radical (unpaired) electrons. The molecule has 0 bridgehead atoms. The predicted molar refractivity (Wildman–Crippen MR) is 115 cm³/mol. The molecule has 1 saturated heterocycles. The van der Waals surface area contributed by atoms with Gasteiger partial charge in [-0.15, -0.1) is 10.2 Å². The minimum Gasteiger partial charge on any atom is -0.368 e. The third-order valence-electron chi connectivity index (χ3n) is 5.05. The first kappa shape index (κ1) is 19.4. The van der Waals surface area contributed by atoms with Crippen LogP contribution >= 0.6 is 11.8 Å². The van der Waals surface area contributed by atoms with E-state index in [1.807, 2.05) is 47.4 Å². The molecule has 1 fully saturated rings. The SMILES string of the molecule is CCn1c(SCC(=O)N2CCN(c3ccncc3)CC2)nnc1-c1ccccc1. The number of carbonyl (C=O) groups excluding carboxylic acids is 1. The van der Waals surface area contributed by atoms with Gasteiger partial charge in [-0.2, -0.15) is 0 Å². The number of carbonyl (C=O) groups is 1. The molecule has 2 aromatic heterocycles. The Kier molecular flexibility index (Phi) is 6.09. The summed E-state index contributed by atoms with van der Waals surface area (Å²) in [6.07, 6.45) is 3.61. The van der Waals surface area contributed by atoms with E-state index in [-0.39, 0.29) is 5.91 Å². The Bertz CT molecular complexity index is 938. The molecule has 3 heterocycles. The molecule has 1 aromatic carbocycles. The molecule has 0 N–H and O–H groups in total. The zero-order valence-corrected chi connectivity index (χ0v) is 17.3. The van der Waals surface area contributed by atoms with E-state index in [9.17, 15) is 4.79 Å². The van der Waals surface area contributed by atoms with Crippen LogP contribution in [0.15, 0.2) is 60.0 Å². The van der Waals surface area contributed by atoms with Crippen molar-refractivity contribution >= 4 is 23.4 Å². The smallest absolute Gasteiger partial charge is 0.233 e. The standard InChI is InChI=1S/C21H24N6OS/c1-2-27-20(17-6-4-3-5-7-17)23-24-21(27)29-16-19(28)26-14-12-25(13-15-26)18-8-10-22-11-9-18/h3-11H,2,12-16H2,1H3. The summed E-state index contributed by atoms with van der Waals surface area (Å²) in [5, 5.41) is 9.46. The zero-order chi connectivity index (χ0) is 20.1. The number of nitrogens with zero attached hydrogens (tertiary/aromatic N) is 6. The van der Waals surface area contributed by atoms with Crippen molar-refractivity contribution in [1.82, 2.24) is 24.6 Å². The second kappa shape index (κ2) is 9.09. The number of anilines is 1. The van der Waals surface area contributed by atoms with Crippen molar-refractivity contribution in [2.45, 2.75) is 18.6 Å². The molecule has 3 aromatic rings. The Morgan fingerprint density at radius 3 is 2.41 bits per heavy atom. The van der Waals surface area contributed by atoms with E-state index in [0.29, 0.717) is 5.75 Å². The van der Waals surface area contributed by atoms with E-state index in [2.05, 4.69) is 31.6 Å². The molecule has 8 heteroatoms. The van der Waals surface area contributed by atoms with E-state index in [1.54, 1.807) is 12.4 Å². The van der Waals surface area contributed by atoms with E-state index in [1.165, 1.54) is 11.8 Å². The predicted octanol–water partition coefficient (Wildman–Crippen LogP) is 2.80. The van der Waals surface area contributed by atoms with Crippen LogP contribution in [0.25, 0.3) is 11.4 Å². The first-order valence-corrected chi connectivity index (χ1v) is 10.8. The van der Waals surface area contributed by atoms with E-state index in [0.717, 1.165) is 55.0 Å². The fraction of sp³-hybridized carbons (Fsp3) is 0.333. The van der Waals surface area contributed by atoms with Crippen LogP contribution in [-0.4, -0.2) is 62.5 Å². The monoisotopic (exact) mass is 408 g/mol. The number of amides is 1. The average molecular weight is 409 g/mol. The van der Waals surface area contributed by atoms with Crippen molar-refractivity contribution in [2.75, 3.05) is 36.8 Å². The van der Waals surface area contributed by atoms with Crippen LogP contribution in [0.4, 0.5) is 5.69 Å². The lowest BCUT2D eigenvalue weighted by Gasteiger charge is -2.36. The summed E-state index contributed by atoms with van der Waals surface area (Å²) in [5.41, 5.74) is 2.19. The quantitative estimate of drug-likeness (QED) is 0.585. The lowest BCUT2D eigenvalue weighted by atomic mass is 10.2. The van der Waals surface area contributed by atoms with Crippen LogP contribution in [0.3, 0.4) is 0 Å². The molecule has 0 saturated carbocycles. The first-order valence-electron chi connectivity index (χ1n) is 9.80. The van der Waals surface area contributed by atoms with Crippen molar-refractivity contribution < 1.29 is 4.79 Å². The van der Waals surface area contributed by atoms with Gasteiger partial charge in [0.05, 0.1) is 5.75 Å². The number of hydrogen-bond donors (Lipinski definition) is 0. The maximum absolute atomic E-state index is 12.7. The van der Waals surface area contributed by atoms with Crippen LogP contribution in [0.5, 0.6) is 0 Å². The van der Waals surface area contributed by atoms with Gasteiger partial charge in [0.1, 0.15) is 0 Å². The van der Waals surface area contributed by atoms with Gasteiger partial charge in [0.2, 0.25) is 5.91 Å². The Labute approximate surface area is 174 Å². The van der Waals surface area contributed by atoms with Gasteiger partial charge in [0, 0.05) is 56.4 Å². The molecule has 1 aliphatic rings. The summed E-state index contributed by atoms with van der Waals surface area (Å²) < 4.78 is 2.06. The largest absolute Gasteiger partial charge is 0.368 e. The maximum atomic E-state index is 12.7. The Morgan fingerprint density at radius 2 is 1.72 bits per heavy atom. The molecule has 7 nitrogen and oxygen atoms in total. The first-order chi connectivity index (χ1) is 14.3. The van der Waals surface area contributed by atoms with Gasteiger partial charge in [-0.05, 0) is 19.1 Å². The number of piperazine rings is 1. The molecule has 4 rings (SSSR count). The second-order valence-electron chi connectivity index (χ2n) is 6.78. The minimum atomic E-state index is 0.149. The third-order valence-corrected chi connectivity index (χ3v) is 6.00. The maximum Gasteiger partial charge on any atom is 0.233 e. The number of thioether (sulfide) groups is 1. The number of benzene rings is 1. The summed E-state index contributed by atoms with van der Waals surface area (Å²) in [4.78, 5) is 21.0. The van der Waals surface area contributed by atoms with Crippen LogP contribution in [0, 0.1) is 0 Å². The van der Waals surface area contributed by atoms with Gasteiger partial charge in [-0.3, -0.25) is 9.78 Å². The lowest BCUT2D eigenvalue weighted by Crippen LogP contribution is -2.49. The van der Waals surface area contributed by atoms with E-state index in [4.69, 9.17) is 0 Å². The van der Waals surface area contributed by atoms with Crippen molar-refractivity contribution in [3.05, 3.63) is 54.9 Å². The van der Waals surface area contributed by atoms with Crippen LogP contribution in [0.1, 0.15) is 6.92 Å². The second-order valence-corrected chi connectivity index (χ2v) is 7.72. The highest BCUT2D eigenvalue weighted by atomic mass is 32.2. The van der Waals surface area contributed by atoms with Gasteiger partial charge in [-0.25, -0.2) is 0 Å². The Balaban J connectivity index is 1.34. The minimum absolute atomic E-state index is 0.149. The molecule has 0 spiro atoms. The molecular weight excluding hydrogens is 384 g/mol. The average Bonchev–Trinajstić information content (AvgIpc) is 3.21. The van der Waals surface area contributed by atoms with Crippen molar-refractivity contribution in [3.63, 3.8) is 0 Å². The van der Waals surface area contributed by atoms with Gasteiger partial charge in [0.25, 0.3) is 0 Å². The van der Waals surface area contributed by atoms with Crippen molar-refractivity contribution in [1.29, 1.82) is 0 Å². The molecule has 0 unspecified atom stereocenters. The number of pyridine rings is 1. The molecule has 0 atom stereocenters. The summed E-state index contributed by atoms with van der Waals surface area (Å²) >= 11 is 1.46. The third kappa shape index (κ3) is 4.42. The molecule has 1 amide bonds. The highest BCUT2D eigenvalue weighted by Gasteiger charge is 2.22. The zero-order valence-electron chi connectivity index (χ0n) is 16.4. The fourth-order valence-corrected chi connectivity index (χ4v) is 4.37. The van der Waals surface area contributed by atoms with E-state index < -0.39 is 0 Å². The summed E-state index contributed by atoms with van der Waals surface area (Å²) in [6, 6.07) is 14.0. The van der Waals surface area contributed by atoms with Crippen LogP contribution < -0.4 is 4.90 Å². The Hall–Kier alpha value is -2.87. The van der Waals surface area contributed by atoms with Gasteiger partial charge in [0.15, 0.2) is 11.0 Å². The van der Waals surface area contributed by atoms with Crippen LogP contribution in [0.2, 0.25) is 0 Å². The molecular formula is C21H24N6OS. The number of aromatic nitrogens is 4. The number of hydrogen-bond acceptors (Lipinski definition) is 6. The summed E-state index contributed by atoms with van der Waals surface area (Å²) in [5.74, 6) is 1.37. The summed E-state index contributed by atoms with van der Waals surface area (Å²) in [7, 11) is 0. The number of rotatable bonds is 6. The summed E-state index contributed by atoms with van der Waals surface area (Å²) in [6.45, 7) is 5.97. The molecule has 29 heavy (non-hydrogen) atoms. The van der Waals surface area contributed by atoms with Gasteiger partial charge < -0.3 is 14.4 Å². The molecule has 150 valence electrons. The van der Waals surface area contributed by atoms with E-state index >= 15 is 0 Å². The van der Waals surface area contributed by atoms with Crippen LogP contribution in [-0.2, 0) is 11.3 Å². The lowest BCUT2D eigenvalue weighted by molar-refractivity contribution is -0.128. The van der Waals surface area contributed by atoms with Crippen molar-refractivity contribution in [2.24, 2.45) is 0 Å². The highest BCUT2D eigenvalue weighted by Crippen LogP contribution is 2.24. The molecule has 1 aliphatic heterocycles. The molecule has 0 aliphatic carbocycles. The fourth-order valence-electron chi connectivity index (χ4n) is 3.47.